The van der Waals surface area contributed by atoms with Gasteiger partial charge in [0.05, 0.1) is 12.2 Å². The van der Waals surface area contributed by atoms with Crippen molar-refractivity contribution in [2.75, 3.05) is 6.61 Å². The smallest absolute Gasteiger partial charge is 0.341 e. The first-order valence-corrected chi connectivity index (χ1v) is 4.54. The summed E-state index contributed by atoms with van der Waals surface area (Å²) in [4.78, 5) is 14.7. The Morgan fingerprint density at radius 2 is 2.33 bits per heavy atom. The van der Waals surface area contributed by atoms with Crippen molar-refractivity contribution in [1.29, 1.82) is 0 Å². The maximum Gasteiger partial charge on any atom is 0.341 e. The number of carbonyl (C=O) groups is 1. The van der Waals surface area contributed by atoms with Crippen LogP contribution in [0.3, 0.4) is 0 Å². The van der Waals surface area contributed by atoms with E-state index in [4.69, 9.17) is 11.6 Å². The zero-order valence-electron chi connectivity index (χ0n) is 7.84. The van der Waals surface area contributed by atoms with Gasteiger partial charge in [-0.2, -0.15) is 0 Å². The first-order chi connectivity index (χ1) is 7.06. The summed E-state index contributed by atoms with van der Waals surface area (Å²) >= 11 is 5.57. The Morgan fingerprint density at radius 3 is 2.87 bits per heavy atom. The lowest BCUT2D eigenvalue weighted by Gasteiger charge is -2.05. The molecule has 0 aliphatic heterocycles. The second-order valence-electron chi connectivity index (χ2n) is 2.63. The van der Waals surface area contributed by atoms with E-state index in [1.807, 2.05) is 0 Å². The number of carbonyl (C=O) groups excluding carboxylic acids is 1. The van der Waals surface area contributed by atoms with E-state index in [1.54, 1.807) is 6.92 Å². The van der Waals surface area contributed by atoms with Gasteiger partial charge in [-0.25, -0.2) is 18.6 Å². The molecule has 0 aliphatic rings. The fourth-order valence-electron chi connectivity index (χ4n) is 0.936. The van der Waals surface area contributed by atoms with Crippen LogP contribution in [0.4, 0.5) is 8.78 Å². The van der Waals surface area contributed by atoms with Gasteiger partial charge in [0.1, 0.15) is 5.15 Å². The molecule has 0 bridgehead atoms. The molecule has 0 amide bonds. The average molecular weight is 236 g/mol. The minimum Gasteiger partial charge on any atom is -0.462 e. The lowest BCUT2D eigenvalue weighted by atomic mass is 10.2. The monoisotopic (exact) mass is 235 g/mol. The van der Waals surface area contributed by atoms with Gasteiger partial charge >= 0.3 is 5.97 Å². The molecule has 1 aromatic rings. The van der Waals surface area contributed by atoms with Crippen molar-refractivity contribution in [1.82, 2.24) is 4.98 Å². The van der Waals surface area contributed by atoms with Crippen LogP contribution in [-0.4, -0.2) is 17.6 Å². The number of esters is 1. The number of ether oxygens (including phenoxy) is 1. The molecular weight excluding hydrogens is 228 g/mol. The van der Waals surface area contributed by atoms with E-state index >= 15 is 0 Å². The highest BCUT2D eigenvalue weighted by Crippen LogP contribution is 2.22. The van der Waals surface area contributed by atoms with Gasteiger partial charge < -0.3 is 4.74 Å². The van der Waals surface area contributed by atoms with E-state index < -0.39 is 12.4 Å². The van der Waals surface area contributed by atoms with Gasteiger partial charge in [-0.15, -0.1) is 0 Å². The van der Waals surface area contributed by atoms with Crippen LogP contribution >= 0.6 is 11.6 Å². The molecule has 0 spiro atoms. The number of alkyl halides is 2. The SMILES string of the molecule is CCOC(=O)c1cc(C(F)F)cnc1Cl. The molecule has 0 aliphatic carbocycles. The molecule has 0 N–H and O–H groups in total. The lowest BCUT2D eigenvalue weighted by molar-refractivity contribution is 0.0525. The maximum atomic E-state index is 12.3. The number of nitrogens with zero attached hydrogens (tertiary/aromatic N) is 1. The minimum atomic E-state index is -2.69. The lowest BCUT2D eigenvalue weighted by Crippen LogP contribution is -2.07. The third-order valence-corrected chi connectivity index (χ3v) is 1.91. The molecule has 0 fully saturated rings. The van der Waals surface area contributed by atoms with E-state index in [2.05, 4.69) is 9.72 Å². The molecule has 0 unspecified atom stereocenters. The molecule has 3 nitrogen and oxygen atoms in total. The summed E-state index contributed by atoms with van der Waals surface area (Å²) in [6.07, 6.45) is -1.77. The highest BCUT2D eigenvalue weighted by molar-refractivity contribution is 6.32. The zero-order valence-corrected chi connectivity index (χ0v) is 8.59. The van der Waals surface area contributed by atoms with Crippen LogP contribution in [0.1, 0.15) is 29.3 Å². The summed E-state index contributed by atoms with van der Waals surface area (Å²) < 4.78 is 29.2. The summed E-state index contributed by atoms with van der Waals surface area (Å²) in [6.45, 7) is 1.75. The summed E-state index contributed by atoms with van der Waals surface area (Å²) in [5.41, 5.74) is -0.501. The van der Waals surface area contributed by atoms with Crippen LogP contribution in [0.2, 0.25) is 5.15 Å². The Morgan fingerprint density at radius 1 is 1.67 bits per heavy atom. The molecule has 1 rings (SSSR count). The molecule has 1 aromatic heterocycles. The summed E-state index contributed by atoms with van der Waals surface area (Å²) in [6, 6.07) is 0.984. The predicted molar refractivity (Wildman–Crippen MR) is 50.2 cm³/mol. The Hall–Kier alpha value is -1.23. The van der Waals surface area contributed by atoms with Crippen molar-refractivity contribution in [3.05, 3.63) is 28.5 Å². The standard InChI is InChI=1S/C9H8ClF2NO2/c1-2-15-9(14)6-3-5(8(11)12)4-13-7(6)10/h3-4,8H,2H2,1H3. The largest absolute Gasteiger partial charge is 0.462 e. The van der Waals surface area contributed by atoms with Crippen molar-refractivity contribution in [2.24, 2.45) is 0 Å². The van der Waals surface area contributed by atoms with Crippen LogP contribution in [0.25, 0.3) is 0 Å². The van der Waals surface area contributed by atoms with E-state index in [1.165, 1.54) is 0 Å². The van der Waals surface area contributed by atoms with Crippen molar-refractivity contribution in [3.8, 4) is 0 Å². The van der Waals surface area contributed by atoms with E-state index in [-0.39, 0.29) is 22.9 Å². The van der Waals surface area contributed by atoms with E-state index in [0.717, 1.165) is 12.3 Å². The molecule has 82 valence electrons. The number of aromatic nitrogens is 1. The van der Waals surface area contributed by atoms with Gasteiger partial charge in [-0.1, -0.05) is 11.6 Å². The molecule has 15 heavy (non-hydrogen) atoms. The number of pyridine rings is 1. The minimum absolute atomic E-state index is 0.141. The van der Waals surface area contributed by atoms with Gasteiger partial charge in [-0.3, -0.25) is 0 Å². The van der Waals surface area contributed by atoms with Crippen molar-refractivity contribution in [3.63, 3.8) is 0 Å². The Labute approximate surface area is 90.0 Å². The first-order valence-electron chi connectivity index (χ1n) is 4.17. The molecule has 0 aromatic carbocycles. The molecule has 6 heteroatoms. The predicted octanol–water partition coefficient (Wildman–Crippen LogP) is 2.85. The molecule has 0 saturated carbocycles. The van der Waals surface area contributed by atoms with Crippen LogP contribution < -0.4 is 0 Å². The quantitative estimate of drug-likeness (QED) is 0.597. The Balaban J connectivity index is 3.05. The number of hydrogen-bond acceptors (Lipinski definition) is 3. The zero-order chi connectivity index (χ0) is 11.4. The number of halogens is 3. The van der Waals surface area contributed by atoms with Crippen molar-refractivity contribution >= 4 is 17.6 Å². The molecule has 0 saturated heterocycles. The maximum absolute atomic E-state index is 12.3. The molecule has 0 atom stereocenters. The van der Waals surface area contributed by atoms with Gasteiger partial charge in [-0.05, 0) is 13.0 Å². The average Bonchev–Trinajstić information content (AvgIpc) is 2.18. The summed E-state index contributed by atoms with van der Waals surface area (Å²) in [5.74, 6) is -0.752. The van der Waals surface area contributed by atoms with Gasteiger partial charge in [0.15, 0.2) is 0 Å². The van der Waals surface area contributed by atoms with E-state index in [9.17, 15) is 13.6 Å². The molecular formula is C9H8ClF2NO2. The van der Waals surface area contributed by atoms with Crippen molar-refractivity contribution in [2.45, 2.75) is 13.3 Å². The number of rotatable bonds is 3. The fourth-order valence-corrected chi connectivity index (χ4v) is 1.12. The summed E-state index contributed by atoms with van der Waals surface area (Å²) in [5, 5.41) is -0.141. The fraction of sp³-hybridized carbons (Fsp3) is 0.333. The Kier molecular flexibility index (Phi) is 3.96. The third kappa shape index (κ3) is 2.86. The second-order valence-corrected chi connectivity index (χ2v) is 2.99. The highest BCUT2D eigenvalue weighted by Gasteiger charge is 2.16. The van der Waals surface area contributed by atoms with E-state index in [0.29, 0.717) is 0 Å². The van der Waals surface area contributed by atoms with Crippen molar-refractivity contribution < 1.29 is 18.3 Å². The van der Waals surface area contributed by atoms with Gasteiger partial charge in [0.25, 0.3) is 6.43 Å². The van der Waals surface area contributed by atoms with Crippen LogP contribution in [0.15, 0.2) is 12.3 Å². The molecule has 0 radical (unpaired) electrons. The first kappa shape index (κ1) is 11.8. The molecule has 1 heterocycles. The normalized spacial score (nSPS) is 10.5. The van der Waals surface area contributed by atoms with Gasteiger partial charge in [0, 0.05) is 11.8 Å². The Bertz CT molecular complexity index is 371. The van der Waals surface area contributed by atoms with Crippen LogP contribution in [0.5, 0.6) is 0 Å². The topological polar surface area (TPSA) is 39.2 Å². The van der Waals surface area contributed by atoms with Crippen LogP contribution in [-0.2, 0) is 4.74 Å². The summed E-state index contributed by atoms with van der Waals surface area (Å²) in [7, 11) is 0. The third-order valence-electron chi connectivity index (χ3n) is 1.61. The second kappa shape index (κ2) is 5.02. The van der Waals surface area contributed by atoms with Crippen LogP contribution in [0, 0.1) is 0 Å². The highest BCUT2D eigenvalue weighted by atomic mass is 35.5. The van der Waals surface area contributed by atoms with Gasteiger partial charge in [0.2, 0.25) is 0 Å². The number of hydrogen-bond donors (Lipinski definition) is 0.